The normalized spacial score (nSPS) is 10.5. The number of aromatic nitrogens is 2. The van der Waals surface area contributed by atoms with Gasteiger partial charge >= 0.3 is 0 Å². The van der Waals surface area contributed by atoms with Crippen LogP contribution in [0.4, 0.5) is 5.69 Å². The molecule has 0 fully saturated rings. The maximum absolute atomic E-state index is 12.5. The van der Waals surface area contributed by atoms with Crippen LogP contribution in [0.1, 0.15) is 34.1 Å². The third kappa shape index (κ3) is 3.42. The van der Waals surface area contributed by atoms with Gasteiger partial charge < -0.3 is 5.32 Å². The van der Waals surface area contributed by atoms with Crippen LogP contribution in [0.3, 0.4) is 0 Å². The Bertz CT molecular complexity index is 650. The fourth-order valence-electron chi connectivity index (χ4n) is 2.15. The number of carbonyl (C=O) groups is 1. The molecule has 1 N–H and O–H groups in total. The number of nitrogens with zero attached hydrogens (tertiary/aromatic N) is 2. The number of nitrogens with one attached hydrogen (secondary N) is 1. The minimum Gasteiger partial charge on any atom is -0.321 e. The number of anilines is 1. The average Bonchev–Trinajstić information content (AvgIpc) is 2.50. The highest BCUT2D eigenvalue weighted by molar-refractivity contribution is 7.98. The summed E-state index contributed by atoms with van der Waals surface area (Å²) in [6.45, 7) is 5.95. The number of carbonyl (C=O) groups excluding carboxylic acids is 1. The fraction of sp³-hybridized carbons (Fsp3) is 0.312. The van der Waals surface area contributed by atoms with Crippen molar-refractivity contribution in [3.05, 3.63) is 46.8 Å². The molecule has 0 spiro atoms. The molecule has 1 aromatic carbocycles. The fourth-order valence-corrected chi connectivity index (χ4v) is 2.51. The summed E-state index contributed by atoms with van der Waals surface area (Å²) in [6, 6.07) is 5.95. The topological polar surface area (TPSA) is 54.9 Å². The summed E-state index contributed by atoms with van der Waals surface area (Å²) >= 11 is 1.47. The molecule has 1 amide bonds. The molecule has 0 radical (unpaired) electrons. The summed E-state index contributed by atoms with van der Waals surface area (Å²) in [5, 5.41) is 3.67. The van der Waals surface area contributed by atoms with Crippen LogP contribution in [0.15, 0.2) is 29.6 Å². The molecule has 1 heterocycles. The van der Waals surface area contributed by atoms with Gasteiger partial charge in [0.25, 0.3) is 5.91 Å². The molecular weight excluding hydrogens is 282 g/mol. The van der Waals surface area contributed by atoms with Crippen LogP contribution in [-0.4, -0.2) is 22.1 Å². The molecule has 0 atom stereocenters. The SMILES string of the molecule is CCc1nc(SC)ncc1C(=O)Nc1c(C)cccc1C. The van der Waals surface area contributed by atoms with Gasteiger partial charge in [0.1, 0.15) is 0 Å². The van der Waals surface area contributed by atoms with E-state index < -0.39 is 0 Å². The molecule has 0 aliphatic rings. The minimum absolute atomic E-state index is 0.156. The summed E-state index contributed by atoms with van der Waals surface area (Å²) in [4.78, 5) is 21.1. The number of aryl methyl sites for hydroxylation is 3. The van der Waals surface area contributed by atoms with E-state index >= 15 is 0 Å². The van der Waals surface area contributed by atoms with E-state index in [-0.39, 0.29) is 5.91 Å². The Balaban J connectivity index is 2.32. The highest BCUT2D eigenvalue weighted by Crippen LogP contribution is 2.21. The second-order valence-corrected chi connectivity index (χ2v) is 5.56. The first kappa shape index (κ1) is 15.5. The molecule has 1 aromatic heterocycles. The lowest BCUT2D eigenvalue weighted by atomic mass is 10.1. The number of hydrogen-bond acceptors (Lipinski definition) is 4. The lowest BCUT2D eigenvalue weighted by Crippen LogP contribution is -2.17. The van der Waals surface area contributed by atoms with E-state index in [0.717, 1.165) is 22.5 Å². The van der Waals surface area contributed by atoms with Gasteiger partial charge in [-0.15, -0.1) is 0 Å². The molecule has 5 heteroatoms. The van der Waals surface area contributed by atoms with Gasteiger partial charge in [-0.3, -0.25) is 4.79 Å². The molecule has 110 valence electrons. The largest absolute Gasteiger partial charge is 0.321 e. The summed E-state index contributed by atoms with van der Waals surface area (Å²) in [5.74, 6) is -0.156. The van der Waals surface area contributed by atoms with Gasteiger partial charge in [-0.1, -0.05) is 36.9 Å². The first-order valence-corrected chi connectivity index (χ1v) is 8.06. The van der Waals surface area contributed by atoms with E-state index in [9.17, 15) is 4.79 Å². The Morgan fingerprint density at radius 2 is 1.95 bits per heavy atom. The number of amides is 1. The molecule has 0 saturated carbocycles. The van der Waals surface area contributed by atoms with E-state index in [1.165, 1.54) is 11.8 Å². The zero-order valence-electron chi connectivity index (χ0n) is 12.7. The molecule has 2 rings (SSSR count). The Hall–Kier alpha value is -1.88. The number of para-hydroxylation sites is 1. The van der Waals surface area contributed by atoms with Gasteiger partial charge in [0.2, 0.25) is 0 Å². The predicted octanol–water partition coefficient (Wildman–Crippen LogP) is 3.63. The van der Waals surface area contributed by atoms with Crippen LogP contribution < -0.4 is 5.32 Å². The lowest BCUT2D eigenvalue weighted by molar-refractivity contribution is 0.102. The monoisotopic (exact) mass is 301 g/mol. The van der Waals surface area contributed by atoms with Crippen LogP contribution >= 0.6 is 11.8 Å². The van der Waals surface area contributed by atoms with Crippen molar-refractivity contribution in [1.82, 2.24) is 9.97 Å². The van der Waals surface area contributed by atoms with Gasteiger partial charge in [-0.25, -0.2) is 9.97 Å². The molecule has 2 aromatic rings. The summed E-state index contributed by atoms with van der Waals surface area (Å²) in [7, 11) is 0. The van der Waals surface area contributed by atoms with Gasteiger partial charge in [-0.2, -0.15) is 0 Å². The first-order valence-electron chi connectivity index (χ1n) is 6.84. The van der Waals surface area contributed by atoms with Crippen molar-refractivity contribution in [3.63, 3.8) is 0 Å². The van der Waals surface area contributed by atoms with E-state index in [1.54, 1.807) is 6.20 Å². The Morgan fingerprint density at radius 1 is 1.29 bits per heavy atom. The maximum atomic E-state index is 12.5. The number of hydrogen-bond donors (Lipinski definition) is 1. The van der Waals surface area contributed by atoms with Crippen molar-refractivity contribution in [2.75, 3.05) is 11.6 Å². The molecule has 0 saturated heterocycles. The van der Waals surface area contributed by atoms with Gasteiger partial charge in [0, 0.05) is 11.9 Å². The third-order valence-corrected chi connectivity index (χ3v) is 3.89. The number of thioether (sulfide) groups is 1. The first-order chi connectivity index (χ1) is 10.1. The van der Waals surface area contributed by atoms with Crippen molar-refractivity contribution >= 4 is 23.4 Å². The summed E-state index contributed by atoms with van der Waals surface area (Å²) in [6.07, 6.45) is 4.23. The zero-order valence-corrected chi connectivity index (χ0v) is 13.5. The smallest absolute Gasteiger partial charge is 0.259 e. The number of rotatable bonds is 4. The molecule has 0 aliphatic carbocycles. The van der Waals surface area contributed by atoms with E-state index in [0.29, 0.717) is 17.1 Å². The van der Waals surface area contributed by atoms with Crippen LogP contribution in [0, 0.1) is 13.8 Å². The Morgan fingerprint density at radius 3 is 2.52 bits per heavy atom. The van der Waals surface area contributed by atoms with Crippen molar-refractivity contribution in [1.29, 1.82) is 0 Å². The second-order valence-electron chi connectivity index (χ2n) is 4.79. The second kappa shape index (κ2) is 6.72. The molecule has 4 nitrogen and oxygen atoms in total. The molecule has 0 bridgehead atoms. The van der Waals surface area contributed by atoms with Gasteiger partial charge in [0.15, 0.2) is 5.16 Å². The van der Waals surface area contributed by atoms with E-state index in [1.807, 2.05) is 45.2 Å². The van der Waals surface area contributed by atoms with Crippen LogP contribution in [-0.2, 0) is 6.42 Å². The molecular formula is C16H19N3OS. The molecule has 0 unspecified atom stereocenters. The maximum Gasteiger partial charge on any atom is 0.259 e. The minimum atomic E-state index is -0.156. The summed E-state index contributed by atoms with van der Waals surface area (Å²) in [5.41, 5.74) is 4.26. The highest BCUT2D eigenvalue weighted by atomic mass is 32.2. The third-order valence-electron chi connectivity index (χ3n) is 3.33. The van der Waals surface area contributed by atoms with Gasteiger partial charge in [-0.05, 0) is 37.7 Å². The van der Waals surface area contributed by atoms with Crippen LogP contribution in [0.25, 0.3) is 0 Å². The van der Waals surface area contributed by atoms with Crippen LogP contribution in [0.5, 0.6) is 0 Å². The number of benzene rings is 1. The van der Waals surface area contributed by atoms with Gasteiger partial charge in [0.05, 0.1) is 11.3 Å². The Kier molecular flexibility index (Phi) is 4.96. The lowest BCUT2D eigenvalue weighted by Gasteiger charge is -2.13. The van der Waals surface area contributed by atoms with Crippen molar-refractivity contribution < 1.29 is 4.79 Å². The molecule has 21 heavy (non-hydrogen) atoms. The van der Waals surface area contributed by atoms with Crippen molar-refractivity contribution in [2.45, 2.75) is 32.3 Å². The quantitative estimate of drug-likeness (QED) is 0.692. The molecule has 0 aliphatic heterocycles. The Labute approximate surface area is 129 Å². The van der Waals surface area contributed by atoms with Crippen molar-refractivity contribution in [2.24, 2.45) is 0 Å². The standard InChI is InChI=1S/C16H19N3OS/c1-5-13-12(9-17-16(18-13)21-4)15(20)19-14-10(2)7-6-8-11(14)3/h6-9H,5H2,1-4H3,(H,19,20). The zero-order chi connectivity index (χ0) is 15.4. The van der Waals surface area contributed by atoms with E-state index in [4.69, 9.17) is 0 Å². The van der Waals surface area contributed by atoms with Crippen molar-refractivity contribution in [3.8, 4) is 0 Å². The predicted molar refractivity (Wildman–Crippen MR) is 87.1 cm³/mol. The summed E-state index contributed by atoms with van der Waals surface area (Å²) < 4.78 is 0. The van der Waals surface area contributed by atoms with Crippen LogP contribution in [0.2, 0.25) is 0 Å². The average molecular weight is 301 g/mol. The highest BCUT2D eigenvalue weighted by Gasteiger charge is 2.15. The van der Waals surface area contributed by atoms with E-state index in [2.05, 4.69) is 15.3 Å².